The van der Waals surface area contributed by atoms with E-state index in [-0.39, 0.29) is 11.9 Å². The van der Waals surface area contributed by atoms with Gasteiger partial charge in [0, 0.05) is 25.0 Å². The molecule has 1 aromatic carbocycles. The van der Waals surface area contributed by atoms with Crippen LogP contribution in [-0.2, 0) is 10.3 Å². The van der Waals surface area contributed by atoms with Crippen LogP contribution >= 0.6 is 0 Å². The van der Waals surface area contributed by atoms with E-state index in [0.29, 0.717) is 0 Å². The molecule has 1 fully saturated rings. The normalized spacial score (nSPS) is 19.9. The van der Waals surface area contributed by atoms with Crippen molar-refractivity contribution in [3.8, 4) is 0 Å². The summed E-state index contributed by atoms with van der Waals surface area (Å²) in [6, 6.07) is 5.93. The molecule has 1 saturated heterocycles. The first kappa shape index (κ1) is 16.0. The Morgan fingerprint density at radius 3 is 2.96 bits per heavy atom. The zero-order valence-corrected chi connectivity index (χ0v) is 14.2. The molecule has 1 aromatic heterocycles. The molecule has 2 heterocycles. The lowest BCUT2D eigenvalue weighted by Crippen LogP contribution is -2.58. The highest BCUT2D eigenvalue weighted by atomic mass is 16.2. The Labute approximate surface area is 136 Å². The number of nitrogens with one attached hydrogen (secondary N) is 3. The average Bonchev–Trinajstić information content (AvgIpc) is 2.93. The van der Waals surface area contributed by atoms with Gasteiger partial charge < -0.3 is 15.5 Å². The number of H-pyrrole nitrogens is 1. The van der Waals surface area contributed by atoms with Gasteiger partial charge in [0.15, 0.2) is 0 Å². The van der Waals surface area contributed by atoms with Crippen LogP contribution in [-0.4, -0.2) is 53.7 Å². The largest absolute Gasteiger partial charge is 0.344 e. The number of nitrogens with zero attached hydrogens (tertiary/aromatic N) is 2. The van der Waals surface area contributed by atoms with E-state index in [1.807, 2.05) is 46.0 Å². The number of para-hydroxylation sites is 1. The first-order chi connectivity index (χ1) is 10.9. The Morgan fingerprint density at radius 1 is 1.43 bits per heavy atom. The van der Waals surface area contributed by atoms with E-state index in [0.717, 1.165) is 41.8 Å². The van der Waals surface area contributed by atoms with Crippen molar-refractivity contribution in [3.05, 3.63) is 29.5 Å². The molecule has 124 valence electrons. The number of benzene rings is 1. The number of amides is 1. The smallest absolute Gasteiger partial charge is 0.239 e. The van der Waals surface area contributed by atoms with Gasteiger partial charge in [-0.1, -0.05) is 18.2 Å². The van der Waals surface area contributed by atoms with E-state index < -0.39 is 5.54 Å². The lowest BCUT2D eigenvalue weighted by Gasteiger charge is -2.33. The van der Waals surface area contributed by atoms with Gasteiger partial charge in [-0.05, 0) is 33.4 Å². The summed E-state index contributed by atoms with van der Waals surface area (Å²) in [7, 11) is 2.04. The molecule has 0 saturated carbocycles. The lowest BCUT2D eigenvalue weighted by atomic mass is 9.95. The van der Waals surface area contributed by atoms with Gasteiger partial charge in [0.05, 0.1) is 22.8 Å². The zero-order chi connectivity index (χ0) is 16.6. The maximum atomic E-state index is 12.6. The number of hydrogen-bond acceptors (Lipinski definition) is 4. The summed E-state index contributed by atoms with van der Waals surface area (Å²) in [6.45, 7) is 8.59. The fourth-order valence-corrected chi connectivity index (χ4v) is 3.19. The van der Waals surface area contributed by atoms with Crippen LogP contribution in [0, 0.1) is 6.92 Å². The van der Waals surface area contributed by atoms with Gasteiger partial charge in [0.2, 0.25) is 5.91 Å². The topological polar surface area (TPSA) is 73.1 Å². The Kier molecular flexibility index (Phi) is 4.12. The maximum absolute atomic E-state index is 12.6. The molecule has 1 aliphatic heterocycles. The van der Waals surface area contributed by atoms with Crippen LogP contribution in [0.1, 0.15) is 25.1 Å². The molecule has 1 aliphatic rings. The molecule has 0 radical (unpaired) electrons. The van der Waals surface area contributed by atoms with Gasteiger partial charge >= 0.3 is 0 Å². The standard InChI is InChI=1S/C17H25N5O/c1-11-6-5-7-12-14(11)20-21-15(12)17(2,3)19-16(23)13-10-22(4)9-8-18-13/h5-7,13,18H,8-10H2,1-4H3,(H,19,23)(H,20,21)/t13-/m0/s1. The number of rotatable bonds is 3. The number of piperazine rings is 1. The maximum Gasteiger partial charge on any atom is 0.239 e. The van der Waals surface area contributed by atoms with Crippen molar-refractivity contribution >= 4 is 16.8 Å². The second kappa shape index (κ2) is 5.94. The van der Waals surface area contributed by atoms with Crippen molar-refractivity contribution in [1.82, 2.24) is 25.7 Å². The summed E-state index contributed by atoms with van der Waals surface area (Å²) in [5.74, 6) is 0.0250. The van der Waals surface area contributed by atoms with Crippen LogP contribution in [0.5, 0.6) is 0 Å². The Balaban J connectivity index is 1.83. The molecule has 3 rings (SSSR count). The Bertz CT molecular complexity index is 721. The molecule has 3 N–H and O–H groups in total. The van der Waals surface area contributed by atoms with Crippen LogP contribution in [0.2, 0.25) is 0 Å². The molecule has 1 amide bonds. The molecule has 1 atom stereocenters. The van der Waals surface area contributed by atoms with Gasteiger partial charge in [-0.3, -0.25) is 9.89 Å². The number of carbonyl (C=O) groups is 1. The Morgan fingerprint density at radius 2 is 2.22 bits per heavy atom. The molecule has 0 spiro atoms. The summed E-state index contributed by atoms with van der Waals surface area (Å²) in [5, 5.41) is 15.0. The fourth-order valence-electron chi connectivity index (χ4n) is 3.19. The van der Waals surface area contributed by atoms with E-state index in [4.69, 9.17) is 0 Å². The molecule has 6 nitrogen and oxygen atoms in total. The lowest BCUT2D eigenvalue weighted by molar-refractivity contribution is -0.125. The van der Waals surface area contributed by atoms with Gasteiger partial charge in [-0.15, -0.1) is 0 Å². The first-order valence-corrected chi connectivity index (χ1v) is 8.06. The quantitative estimate of drug-likeness (QED) is 0.794. The minimum atomic E-state index is -0.517. The van der Waals surface area contributed by atoms with Crippen molar-refractivity contribution in [3.63, 3.8) is 0 Å². The molecule has 23 heavy (non-hydrogen) atoms. The highest BCUT2D eigenvalue weighted by molar-refractivity contribution is 5.87. The van der Waals surface area contributed by atoms with E-state index in [9.17, 15) is 4.79 Å². The van der Waals surface area contributed by atoms with Crippen molar-refractivity contribution in [2.75, 3.05) is 26.7 Å². The number of aromatic nitrogens is 2. The van der Waals surface area contributed by atoms with Gasteiger partial charge in [0.1, 0.15) is 0 Å². The third-order valence-corrected chi connectivity index (χ3v) is 4.54. The third-order valence-electron chi connectivity index (χ3n) is 4.54. The van der Waals surface area contributed by atoms with Crippen molar-refractivity contribution < 1.29 is 4.79 Å². The zero-order valence-electron chi connectivity index (χ0n) is 14.2. The molecule has 0 aliphatic carbocycles. The summed E-state index contributed by atoms with van der Waals surface area (Å²) in [5.41, 5.74) is 2.51. The average molecular weight is 315 g/mol. The summed E-state index contributed by atoms with van der Waals surface area (Å²) in [6.07, 6.45) is 0. The molecular formula is C17H25N5O. The van der Waals surface area contributed by atoms with Crippen LogP contribution in [0.15, 0.2) is 18.2 Å². The van der Waals surface area contributed by atoms with Crippen LogP contribution in [0.4, 0.5) is 0 Å². The van der Waals surface area contributed by atoms with Crippen LogP contribution in [0.3, 0.4) is 0 Å². The number of fused-ring (bicyclic) bond motifs is 1. The van der Waals surface area contributed by atoms with Gasteiger partial charge in [-0.2, -0.15) is 5.10 Å². The second-order valence-corrected chi connectivity index (χ2v) is 6.95. The number of likely N-dealkylation sites (N-methyl/N-ethyl adjacent to an activating group) is 1. The van der Waals surface area contributed by atoms with E-state index in [1.165, 1.54) is 0 Å². The SMILES string of the molecule is Cc1cccc2c(C(C)(C)NC(=O)[C@@H]3CN(C)CCN3)[nH]nc12. The fraction of sp³-hybridized carbons (Fsp3) is 0.529. The van der Waals surface area contributed by atoms with E-state index >= 15 is 0 Å². The highest BCUT2D eigenvalue weighted by Crippen LogP contribution is 2.27. The van der Waals surface area contributed by atoms with Crippen molar-refractivity contribution in [1.29, 1.82) is 0 Å². The predicted octanol–water partition coefficient (Wildman–Crippen LogP) is 1.13. The number of carbonyl (C=O) groups excluding carboxylic acids is 1. The summed E-state index contributed by atoms with van der Waals surface area (Å²) >= 11 is 0. The number of hydrogen-bond donors (Lipinski definition) is 3. The molecule has 2 aromatic rings. The van der Waals surface area contributed by atoms with Crippen molar-refractivity contribution in [2.45, 2.75) is 32.4 Å². The summed E-state index contributed by atoms with van der Waals surface area (Å²) < 4.78 is 0. The number of aryl methyl sites for hydroxylation is 1. The van der Waals surface area contributed by atoms with Crippen LogP contribution < -0.4 is 10.6 Å². The minimum absolute atomic E-state index is 0.0250. The van der Waals surface area contributed by atoms with E-state index in [1.54, 1.807) is 0 Å². The molecule has 6 heteroatoms. The monoisotopic (exact) mass is 315 g/mol. The Hall–Kier alpha value is -1.92. The van der Waals surface area contributed by atoms with Gasteiger partial charge in [-0.25, -0.2) is 0 Å². The van der Waals surface area contributed by atoms with E-state index in [2.05, 4.69) is 25.7 Å². The molecular weight excluding hydrogens is 290 g/mol. The van der Waals surface area contributed by atoms with Gasteiger partial charge in [0.25, 0.3) is 0 Å². The predicted molar refractivity (Wildman–Crippen MR) is 91.3 cm³/mol. The number of aromatic amines is 1. The third kappa shape index (κ3) is 3.09. The second-order valence-electron chi connectivity index (χ2n) is 6.95. The van der Waals surface area contributed by atoms with Crippen LogP contribution in [0.25, 0.3) is 10.9 Å². The molecule has 0 bridgehead atoms. The molecule has 0 unspecified atom stereocenters. The highest BCUT2D eigenvalue weighted by Gasteiger charge is 2.31. The summed E-state index contributed by atoms with van der Waals surface area (Å²) in [4.78, 5) is 14.8. The first-order valence-electron chi connectivity index (χ1n) is 8.06. The minimum Gasteiger partial charge on any atom is -0.344 e. The van der Waals surface area contributed by atoms with Crippen molar-refractivity contribution in [2.24, 2.45) is 0 Å².